The second kappa shape index (κ2) is 8.27. The summed E-state index contributed by atoms with van der Waals surface area (Å²) in [4.78, 5) is 27.5. The van der Waals surface area contributed by atoms with Gasteiger partial charge in [0.15, 0.2) is 5.78 Å². The van der Waals surface area contributed by atoms with Gasteiger partial charge in [0.05, 0.1) is 5.56 Å². The Bertz CT molecular complexity index is 1050. The van der Waals surface area contributed by atoms with E-state index in [1.54, 1.807) is 6.20 Å². The van der Waals surface area contributed by atoms with Crippen molar-refractivity contribution in [3.8, 4) is 0 Å². The predicted molar refractivity (Wildman–Crippen MR) is 108 cm³/mol. The van der Waals surface area contributed by atoms with E-state index in [1.807, 2.05) is 6.07 Å². The van der Waals surface area contributed by atoms with Crippen molar-refractivity contribution < 1.29 is 18.4 Å². The molecule has 0 aliphatic heterocycles. The van der Waals surface area contributed by atoms with Crippen LogP contribution >= 0.6 is 0 Å². The summed E-state index contributed by atoms with van der Waals surface area (Å²) >= 11 is 0. The summed E-state index contributed by atoms with van der Waals surface area (Å²) < 4.78 is 27.0. The van der Waals surface area contributed by atoms with E-state index in [0.717, 1.165) is 34.9 Å². The van der Waals surface area contributed by atoms with Gasteiger partial charge in [0.25, 0.3) is 0 Å². The van der Waals surface area contributed by atoms with Crippen LogP contribution in [0, 0.1) is 11.6 Å². The van der Waals surface area contributed by atoms with Gasteiger partial charge in [-0.2, -0.15) is 0 Å². The first-order valence-corrected chi connectivity index (χ1v) is 10.1. The van der Waals surface area contributed by atoms with Crippen LogP contribution in [0.25, 0.3) is 10.9 Å². The predicted octanol–water partition coefficient (Wildman–Crippen LogP) is 6.05. The van der Waals surface area contributed by atoms with Gasteiger partial charge in [-0.25, -0.2) is 8.78 Å². The Balaban J connectivity index is 1.58. The van der Waals surface area contributed by atoms with E-state index in [-0.39, 0.29) is 12.0 Å². The minimum atomic E-state index is -0.907. The lowest BCUT2D eigenvalue weighted by Crippen LogP contribution is -2.10. The molecule has 1 saturated carbocycles. The van der Waals surface area contributed by atoms with Crippen molar-refractivity contribution in [1.82, 2.24) is 4.98 Å². The van der Waals surface area contributed by atoms with Crippen molar-refractivity contribution >= 4 is 23.0 Å². The van der Waals surface area contributed by atoms with Crippen molar-refractivity contribution in [2.75, 3.05) is 0 Å². The average Bonchev–Trinajstić information content (AvgIpc) is 3.15. The molecule has 0 spiro atoms. The van der Waals surface area contributed by atoms with Crippen LogP contribution in [0.2, 0.25) is 0 Å². The zero-order valence-corrected chi connectivity index (χ0v) is 16.1. The molecule has 3 aromatic rings. The molecule has 1 fully saturated rings. The molecule has 3 nitrogen and oxygen atoms in total. The zero-order valence-electron chi connectivity index (χ0n) is 16.1. The molecule has 5 heteroatoms. The van der Waals surface area contributed by atoms with Gasteiger partial charge in [-0.05, 0) is 48.1 Å². The molecule has 1 atom stereocenters. The Morgan fingerprint density at radius 2 is 1.90 bits per heavy atom. The van der Waals surface area contributed by atoms with Crippen molar-refractivity contribution in [2.45, 2.75) is 50.4 Å². The fourth-order valence-corrected chi connectivity index (χ4v) is 4.42. The molecule has 1 aliphatic carbocycles. The van der Waals surface area contributed by atoms with Crippen LogP contribution < -0.4 is 0 Å². The highest BCUT2D eigenvalue weighted by Gasteiger charge is 2.23. The largest absolute Gasteiger partial charge is 0.361 e. The van der Waals surface area contributed by atoms with Crippen LogP contribution in [0.15, 0.2) is 42.6 Å². The van der Waals surface area contributed by atoms with Gasteiger partial charge < -0.3 is 9.78 Å². The van der Waals surface area contributed by atoms with Crippen LogP contribution in [0.1, 0.15) is 71.8 Å². The summed E-state index contributed by atoms with van der Waals surface area (Å²) in [7, 11) is 0. The Morgan fingerprint density at radius 1 is 1.10 bits per heavy atom. The van der Waals surface area contributed by atoms with E-state index in [4.69, 9.17) is 0 Å². The molecular formula is C24H23F2NO2. The fraction of sp³-hybridized carbons (Fsp3) is 0.333. The van der Waals surface area contributed by atoms with Gasteiger partial charge in [0.1, 0.15) is 17.9 Å². The fourth-order valence-electron chi connectivity index (χ4n) is 4.42. The molecule has 0 bridgehead atoms. The monoisotopic (exact) mass is 395 g/mol. The van der Waals surface area contributed by atoms with Crippen LogP contribution in [-0.4, -0.2) is 17.1 Å². The topological polar surface area (TPSA) is 49.9 Å². The van der Waals surface area contributed by atoms with E-state index < -0.39 is 23.3 Å². The Labute approximate surface area is 168 Å². The number of H-pyrrole nitrogens is 1. The number of rotatable bonds is 6. The minimum absolute atomic E-state index is 0.163. The van der Waals surface area contributed by atoms with Crippen LogP contribution in [0.5, 0.6) is 0 Å². The molecule has 0 saturated heterocycles. The number of aromatic amines is 1. The first kappa shape index (κ1) is 19.5. The van der Waals surface area contributed by atoms with Crippen molar-refractivity contribution in [1.29, 1.82) is 0 Å². The number of aldehydes is 1. The number of fused-ring (bicyclic) bond motifs is 1. The van der Waals surface area contributed by atoms with Gasteiger partial charge in [0, 0.05) is 35.5 Å². The lowest BCUT2D eigenvalue weighted by molar-refractivity contribution is -0.109. The normalized spacial score (nSPS) is 16.1. The third-order valence-corrected chi connectivity index (χ3v) is 6.01. The maximum atomic E-state index is 13.9. The van der Waals surface area contributed by atoms with E-state index >= 15 is 0 Å². The lowest BCUT2D eigenvalue weighted by atomic mass is 9.83. The number of hydrogen-bond acceptors (Lipinski definition) is 2. The second-order valence-electron chi connectivity index (χ2n) is 7.88. The maximum Gasteiger partial charge on any atom is 0.166 e. The van der Waals surface area contributed by atoms with Gasteiger partial charge >= 0.3 is 0 Å². The summed E-state index contributed by atoms with van der Waals surface area (Å²) in [5.41, 5.74) is 2.77. The summed E-state index contributed by atoms with van der Waals surface area (Å²) in [5, 5.41) is 0.897. The number of aromatic nitrogens is 1. The summed E-state index contributed by atoms with van der Waals surface area (Å²) in [5.74, 6) is -2.29. The minimum Gasteiger partial charge on any atom is -0.361 e. The van der Waals surface area contributed by atoms with E-state index in [1.165, 1.54) is 37.7 Å². The van der Waals surface area contributed by atoms with Crippen LogP contribution in [-0.2, 0) is 4.79 Å². The highest BCUT2D eigenvalue weighted by molar-refractivity contribution is 5.99. The number of carbonyl (C=O) groups is 2. The molecule has 0 amide bonds. The quantitative estimate of drug-likeness (QED) is 0.408. The molecular weight excluding hydrogens is 372 g/mol. The average molecular weight is 395 g/mol. The highest BCUT2D eigenvalue weighted by atomic mass is 19.1. The highest BCUT2D eigenvalue weighted by Crippen LogP contribution is 2.35. The van der Waals surface area contributed by atoms with Gasteiger partial charge in [-0.1, -0.05) is 31.4 Å². The lowest BCUT2D eigenvalue weighted by Gasteiger charge is -2.22. The number of carbonyl (C=O) groups excluding carboxylic acids is 2. The van der Waals surface area contributed by atoms with Gasteiger partial charge in [-0.3, -0.25) is 4.79 Å². The van der Waals surface area contributed by atoms with Gasteiger partial charge in [0.2, 0.25) is 0 Å². The van der Waals surface area contributed by atoms with Gasteiger partial charge in [-0.15, -0.1) is 0 Å². The van der Waals surface area contributed by atoms with E-state index in [2.05, 4.69) is 17.1 Å². The zero-order chi connectivity index (χ0) is 20.4. The molecule has 1 unspecified atom stereocenters. The number of nitrogens with one attached hydrogen (secondary N) is 1. The third kappa shape index (κ3) is 4.00. The first-order valence-electron chi connectivity index (χ1n) is 10.1. The number of Topliss-reactive ketones (excluding diaryl/α,β-unsaturated/α-hetero) is 1. The summed E-state index contributed by atoms with van der Waals surface area (Å²) in [6.07, 6.45) is 8.53. The van der Waals surface area contributed by atoms with Crippen molar-refractivity contribution in [2.24, 2.45) is 0 Å². The molecule has 1 N–H and O–H groups in total. The molecule has 29 heavy (non-hydrogen) atoms. The van der Waals surface area contributed by atoms with Crippen LogP contribution in [0.3, 0.4) is 0 Å². The molecule has 1 aromatic heterocycles. The second-order valence-corrected chi connectivity index (χ2v) is 7.88. The number of benzene rings is 2. The number of halogens is 2. The van der Waals surface area contributed by atoms with Crippen LogP contribution in [0.4, 0.5) is 8.78 Å². The van der Waals surface area contributed by atoms with E-state index in [9.17, 15) is 18.4 Å². The van der Waals surface area contributed by atoms with E-state index in [0.29, 0.717) is 12.0 Å². The molecule has 4 rings (SSSR count). The van der Waals surface area contributed by atoms with Crippen molar-refractivity contribution in [3.63, 3.8) is 0 Å². The number of ketones is 1. The molecule has 2 aromatic carbocycles. The Kier molecular flexibility index (Phi) is 5.56. The maximum absolute atomic E-state index is 13.9. The molecule has 1 aliphatic rings. The Morgan fingerprint density at radius 3 is 2.62 bits per heavy atom. The molecule has 1 heterocycles. The molecule has 0 radical (unpaired) electrons. The smallest absolute Gasteiger partial charge is 0.166 e. The summed E-state index contributed by atoms with van der Waals surface area (Å²) in [6.45, 7) is 0. The first-order chi connectivity index (χ1) is 14.1. The molecule has 150 valence electrons. The third-order valence-electron chi connectivity index (χ3n) is 6.01. The van der Waals surface area contributed by atoms with Crippen molar-refractivity contribution in [3.05, 3.63) is 70.9 Å². The number of hydrogen-bond donors (Lipinski definition) is 1. The Hall–Kier alpha value is -2.82. The SMILES string of the molecule is O=CC(CC(=O)c1ccc(F)cc1F)c1c[nH]c2cc(C3CCCCC3)ccc12. The summed E-state index contributed by atoms with van der Waals surface area (Å²) in [6, 6.07) is 9.11. The standard InChI is InChI=1S/C24H23F2NO2/c25-18-7-9-20(22(26)12-18)24(29)11-17(14-28)21-13-27-23-10-16(6-8-19(21)23)15-4-2-1-3-5-15/h6-10,12-15,17,27H,1-5,11H2.